The molecule has 10 heteroatoms. The number of carbonyl (C=O) groups excluding carboxylic acids is 2. The van der Waals surface area contributed by atoms with E-state index < -0.39 is 27.9 Å². The first kappa shape index (κ1) is 21.1. The molecule has 0 bridgehead atoms. The molecule has 0 saturated carbocycles. The molecule has 1 saturated heterocycles. The van der Waals surface area contributed by atoms with Crippen molar-refractivity contribution >= 4 is 21.8 Å². The number of ether oxygens (including phenoxy) is 2. The molecule has 0 aromatic heterocycles. The van der Waals surface area contributed by atoms with Crippen LogP contribution in [0.2, 0.25) is 0 Å². The van der Waals surface area contributed by atoms with Gasteiger partial charge in [0.15, 0.2) is 6.10 Å². The van der Waals surface area contributed by atoms with Gasteiger partial charge in [0.25, 0.3) is 5.91 Å². The summed E-state index contributed by atoms with van der Waals surface area (Å²) in [5, 5.41) is 0. The average Bonchev–Trinajstić information content (AvgIpc) is 2.67. The Morgan fingerprint density at radius 1 is 1.33 bits per heavy atom. The van der Waals surface area contributed by atoms with Crippen molar-refractivity contribution in [1.82, 2.24) is 9.21 Å². The number of nitrogens with zero attached hydrogens (tertiary/aromatic N) is 2. The molecule has 1 aliphatic heterocycles. The minimum atomic E-state index is -3.73. The van der Waals surface area contributed by atoms with Crippen LogP contribution >= 0.6 is 0 Å². The predicted molar refractivity (Wildman–Crippen MR) is 97.9 cm³/mol. The van der Waals surface area contributed by atoms with Crippen LogP contribution in [0, 0.1) is 0 Å². The van der Waals surface area contributed by atoms with Gasteiger partial charge < -0.3 is 20.1 Å². The monoisotopic (exact) mass is 399 g/mol. The number of hydrogen-bond donors (Lipinski definition) is 1. The highest BCUT2D eigenvalue weighted by atomic mass is 32.2. The molecule has 0 spiro atoms. The quantitative estimate of drug-likeness (QED) is 0.692. The van der Waals surface area contributed by atoms with Gasteiger partial charge in [-0.05, 0) is 18.2 Å². The Kier molecular flexibility index (Phi) is 6.79. The summed E-state index contributed by atoms with van der Waals surface area (Å²) in [5.41, 5.74) is 5.37. The van der Waals surface area contributed by atoms with Gasteiger partial charge in [0.1, 0.15) is 5.75 Å². The van der Waals surface area contributed by atoms with E-state index in [4.69, 9.17) is 15.2 Å². The third-order valence-electron chi connectivity index (χ3n) is 4.42. The second-order valence-corrected chi connectivity index (χ2v) is 7.90. The number of morpholine rings is 1. The van der Waals surface area contributed by atoms with Crippen LogP contribution in [-0.2, 0) is 19.6 Å². The van der Waals surface area contributed by atoms with Gasteiger partial charge in [-0.3, -0.25) is 9.59 Å². The van der Waals surface area contributed by atoms with Gasteiger partial charge in [-0.15, -0.1) is 0 Å². The Morgan fingerprint density at radius 3 is 2.56 bits per heavy atom. The minimum Gasteiger partial charge on any atom is -0.496 e. The first-order valence-corrected chi connectivity index (χ1v) is 10.1. The number of sulfonamides is 1. The van der Waals surface area contributed by atoms with Crippen LogP contribution in [0.15, 0.2) is 23.1 Å². The Hall–Kier alpha value is -2.17. The number of rotatable bonds is 7. The molecule has 1 heterocycles. The lowest BCUT2D eigenvalue weighted by molar-refractivity contribution is -0.133. The Balaban J connectivity index is 2.40. The van der Waals surface area contributed by atoms with Crippen molar-refractivity contribution in [2.75, 3.05) is 39.9 Å². The fourth-order valence-electron chi connectivity index (χ4n) is 2.90. The number of hydrogen-bond acceptors (Lipinski definition) is 6. The summed E-state index contributed by atoms with van der Waals surface area (Å²) < 4.78 is 37.3. The second kappa shape index (κ2) is 8.68. The van der Waals surface area contributed by atoms with Gasteiger partial charge in [0.2, 0.25) is 15.9 Å². The number of carbonyl (C=O) groups is 2. The first-order valence-electron chi connectivity index (χ1n) is 8.64. The zero-order valence-electron chi connectivity index (χ0n) is 15.7. The lowest BCUT2D eigenvalue weighted by atomic mass is 10.1. The van der Waals surface area contributed by atoms with Crippen molar-refractivity contribution < 1.29 is 27.5 Å². The molecule has 1 atom stereocenters. The Labute approximate surface area is 159 Å². The molecule has 2 rings (SSSR count). The van der Waals surface area contributed by atoms with Crippen LogP contribution in [0.5, 0.6) is 5.75 Å². The number of benzene rings is 1. The Bertz CT molecular complexity index is 807. The largest absolute Gasteiger partial charge is 0.496 e. The van der Waals surface area contributed by atoms with Crippen molar-refractivity contribution in [3.63, 3.8) is 0 Å². The topological polar surface area (TPSA) is 119 Å². The first-order chi connectivity index (χ1) is 12.8. The van der Waals surface area contributed by atoms with E-state index in [1.54, 1.807) is 13.8 Å². The van der Waals surface area contributed by atoms with Gasteiger partial charge in [-0.2, -0.15) is 4.31 Å². The molecule has 1 aliphatic rings. The van der Waals surface area contributed by atoms with Crippen molar-refractivity contribution in [2.24, 2.45) is 5.73 Å². The zero-order valence-corrected chi connectivity index (χ0v) is 16.5. The molecular formula is C17H25N3O6S. The summed E-state index contributed by atoms with van der Waals surface area (Å²) in [4.78, 5) is 25.7. The van der Waals surface area contributed by atoms with E-state index in [0.29, 0.717) is 13.1 Å². The van der Waals surface area contributed by atoms with Crippen molar-refractivity contribution in [3.8, 4) is 5.75 Å². The fourth-order valence-corrected chi connectivity index (χ4v) is 4.39. The van der Waals surface area contributed by atoms with E-state index in [0.717, 1.165) is 0 Å². The maximum atomic E-state index is 13.0. The molecule has 2 amide bonds. The molecule has 1 aromatic rings. The molecule has 2 N–H and O–H groups in total. The summed E-state index contributed by atoms with van der Waals surface area (Å²) in [6, 6.07) is 4.17. The van der Waals surface area contributed by atoms with E-state index in [-0.39, 0.29) is 35.9 Å². The second-order valence-electron chi connectivity index (χ2n) is 5.96. The standard InChI is InChI=1S/C17H25N3O6S/c1-4-20(5-2)27(23,24)12-6-7-14(25-3)13(10-12)17(22)19-8-9-26-15(11-19)16(18)21/h6-7,10,15H,4-5,8-9,11H2,1-3H3,(H2,18,21). The maximum Gasteiger partial charge on any atom is 0.257 e. The molecule has 1 aromatic carbocycles. The predicted octanol–water partition coefficient (Wildman–Crippen LogP) is 0.0520. The van der Waals surface area contributed by atoms with Crippen LogP contribution in [0.1, 0.15) is 24.2 Å². The Morgan fingerprint density at radius 2 is 2.00 bits per heavy atom. The lowest BCUT2D eigenvalue weighted by Gasteiger charge is -2.31. The van der Waals surface area contributed by atoms with Gasteiger partial charge >= 0.3 is 0 Å². The number of primary amides is 1. The van der Waals surface area contributed by atoms with E-state index in [1.165, 1.54) is 34.5 Å². The molecule has 0 radical (unpaired) electrons. The highest BCUT2D eigenvalue weighted by Gasteiger charge is 2.31. The van der Waals surface area contributed by atoms with Crippen LogP contribution < -0.4 is 10.5 Å². The molecule has 1 fully saturated rings. The van der Waals surface area contributed by atoms with E-state index in [2.05, 4.69) is 0 Å². The number of amides is 2. The minimum absolute atomic E-state index is 0.00431. The lowest BCUT2D eigenvalue weighted by Crippen LogP contribution is -2.50. The molecular weight excluding hydrogens is 374 g/mol. The van der Waals surface area contributed by atoms with Crippen LogP contribution in [0.3, 0.4) is 0 Å². The van der Waals surface area contributed by atoms with E-state index >= 15 is 0 Å². The summed E-state index contributed by atoms with van der Waals surface area (Å²) in [6.45, 7) is 4.56. The van der Waals surface area contributed by atoms with Crippen LogP contribution in [0.4, 0.5) is 0 Å². The van der Waals surface area contributed by atoms with E-state index in [1.807, 2.05) is 0 Å². The summed E-state index contributed by atoms with van der Waals surface area (Å²) in [6.07, 6.45) is -0.892. The molecule has 9 nitrogen and oxygen atoms in total. The maximum absolute atomic E-state index is 13.0. The molecule has 1 unspecified atom stereocenters. The average molecular weight is 399 g/mol. The van der Waals surface area contributed by atoms with Crippen molar-refractivity contribution in [2.45, 2.75) is 24.8 Å². The summed E-state index contributed by atoms with van der Waals surface area (Å²) in [5.74, 6) is -0.851. The van der Waals surface area contributed by atoms with Gasteiger partial charge in [-0.1, -0.05) is 13.8 Å². The third kappa shape index (κ3) is 4.40. The molecule has 150 valence electrons. The highest BCUT2D eigenvalue weighted by Crippen LogP contribution is 2.26. The van der Waals surface area contributed by atoms with Crippen LogP contribution in [0.25, 0.3) is 0 Å². The molecule has 27 heavy (non-hydrogen) atoms. The SMILES string of the molecule is CCN(CC)S(=O)(=O)c1ccc(OC)c(C(=O)N2CCOC(C(N)=O)C2)c1. The molecule has 0 aliphatic carbocycles. The van der Waals surface area contributed by atoms with E-state index in [9.17, 15) is 18.0 Å². The summed E-state index contributed by atoms with van der Waals surface area (Å²) in [7, 11) is -2.33. The number of nitrogens with two attached hydrogens (primary N) is 1. The zero-order chi connectivity index (χ0) is 20.2. The normalized spacial score (nSPS) is 17.8. The van der Waals surface area contributed by atoms with Gasteiger partial charge in [0, 0.05) is 19.6 Å². The number of methoxy groups -OCH3 is 1. The fraction of sp³-hybridized carbons (Fsp3) is 0.529. The smallest absolute Gasteiger partial charge is 0.257 e. The highest BCUT2D eigenvalue weighted by molar-refractivity contribution is 7.89. The summed E-state index contributed by atoms with van der Waals surface area (Å²) >= 11 is 0. The van der Waals surface area contributed by atoms with Crippen LogP contribution in [-0.4, -0.2) is 75.4 Å². The van der Waals surface area contributed by atoms with Crippen molar-refractivity contribution in [1.29, 1.82) is 0 Å². The van der Waals surface area contributed by atoms with Gasteiger partial charge in [-0.25, -0.2) is 8.42 Å². The van der Waals surface area contributed by atoms with Gasteiger partial charge in [0.05, 0.1) is 30.7 Å². The third-order valence-corrected chi connectivity index (χ3v) is 6.46. The van der Waals surface area contributed by atoms with Crippen molar-refractivity contribution in [3.05, 3.63) is 23.8 Å².